The maximum atomic E-state index is 11.0. The minimum absolute atomic E-state index is 0.114. The number of benzene rings is 1. The fraction of sp³-hybridized carbons (Fsp3) is 0.364. The van der Waals surface area contributed by atoms with Gasteiger partial charge in [-0.15, -0.1) is 0 Å². The summed E-state index contributed by atoms with van der Waals surface area (Å²) in [5, 5.41) is 2.73. The Kier molecular flexibility index (Phi) is 2.49. The third kappa shape index (κ3) is 2.03. The second kappa shape index (κ2) is 3.81. The van der Waals surface area contributed by atoms with Crippen molar-refractivity contribution in [2.45, 2.75) is 19.8 Å². The number of nitrogens with two attached hydrogens (primary N) is 1. The first-order chi connectivity index (χ1) is 7.16. The quantitative estimate of drug-likeness (QED) is 0.685. The Bertz CT molecular complexity index is 402. The van der Waals surface area contributed by atoms with Crippen LogP contribution in [0.25, 0.3) is 0 Å². The second-order valence-electron chi connectivity index (χ2n) is 3.69. The summed E-state index contributed by atoms with van der Waals surface area (Å²) < 4.78 is 5.54. The number of anilines is 2. The van der Waals surface area contributed by atoms with Gasteiger partial charge in [-0.25, -0.2) is 0 Å². The molecule has 1 aromatic carbocycles. The number of hydrogen-bond donors (Lipinski definition) is 2. The number of ether oxygens (including phenoxy) is 1. The lowest BCUT2D eigenvalue weighted by Gasteiger charge is -2.21. The predicted molar refractivity (Wildman–Crippen MR) is 59.0 cm³/mol. The van der Waals surface area contributed by atoms with E-state index in [1.54, 1.807) is 6.07 Å². The van der Waals surface area contributed by atoms with Crippen molar-refractivity contribution in [1.82, 2.24) is 0 Å². The van der Waals surface area contributed by atoms with Crippen LogP contribution in [0.2, 0.25) is 0 Å². The van der Waals surface area contributed by atoms with Crippen LogP contribution in [0, 0.1) is 0 Å². The summed E-state index contributed by atoms with van der Waals surface area (Å²) in [6.07, 6.45) is 1.95. The van der Waals surface area contributed by atoms with Crippen LogP contribution in [0.3, 0.4) is 0 Å². The van der Waals surface area contributed by atoms with Gasteiger partial charge >= 0.3 is 0 Å². The summed E-state index contributed by atoms with van der Waals surface area (Å²) in [4.78, 5) is 11.0. The van der Waals surface area contributed by atoms with Crippen LogP contribution >= 0.6 is 0 Å². The van der Waals surface area contributed by atoms with Crippen molar-refractivity contribution < 1.29 is 9.53 Å². The number of amides is 1. The Morgan fingerprint density at radius 1 is 1.53 bits per heavy atom. The van der Waals surface area contributed by atoms with Crippen LogP contribution in [0.4, 0.5) is 11.4 Å². The van der Waals surface area contributed by atoms with Crippen molar-refractivity contribution >= 4 is 17.3 Å². The highest BCUT2D eigenvalue weighted by Crippen LogP contribution is 2.35. The van der Waals surface area contributed by atoms with Gasteiger partial charge in [-0.2, -0.15) is 0 Å². The molecule has 1 aliphatic rings. The number of nitrogens with one attached hydrogen (secondary N) is 1. The SMILES string of the molecule is CC(=O)Nc1cc(N)cc2c1OCCC2. The van der Waals surface area contributed by atoms with E-state index in [9.17, 15) is 4.79 Å². The standard InChI is InChI=1S/C11H14N2O2/c1-7(14)13-10-6-9(12)5-8-3-2-4-15-11(8)10/h5-6H,2-4,12H2,1H3,(H,13,14). The summed E-state index contributed by atoms with van der Waals surface area (Å²) >= 11 is 0. The van der Waals surface area contributed by atoms with Crippen molar-refractivity contribution in [2.24, 2.45) is 0 Å². The Morgan fingerprint density at radius 2 is 2.33 bits per heavy atom. The molecule has 0 aromatic heterocycles. The van der Waals surface area contributed by atoms with Gasteiger partial charge in [0, 0.05) is 12.6 Å². The predicted octanol–water partition coefficient (Wildman–Crippen LogP) is 1.55. The third-order valence-corrected chi connectivity index (χ3v) is 2.34. The number of carbonyl (C=O) groups is 1. The minimum atomic E-state index is -0.114. The molecule has 0 atom stereocenters. The third-order valence-electron chi connectivity index (χ3n) is 2.34. The molecule has 15 heavy (non-hydrogen) atoms. The molecule has 0 radical (unpaired) electrons. The van der Waals surface area contributed by atoms with Gasteiger partial charge in [-0.05, 0) is 30.5 Å². The van der Waals surface area contributed by atoms with Crippen molar-refractivity contribution in [1.29, 1.82) is 0 Å². The van der Waals surface area contributed by atoms with Crippen LogP contribution in [0.5, 0.6) is 5.75 Å². The maximum absolute atomic E-state index is 11.0. The van der Waals surface area contributed by atoms with Gasteiger partial charge in [-0.3, -0.25) is 4.79 Å². The summed E-state index contributed by atoms with van der Waals surface area (Å²) in [5.41, 5.74) is 8.16. The van der Waals surface area contributed by atoms with E-state index in [4.69, 9.17) is 10.5 Å². The first-order valence-electron chi connectivity index (χ1n) is 4.99. The Labute approximate surface area is 88.4 Å². The van der Waals surface area contributed by atoms with Gasteiger partial charge in [0.1, 0.15) is 5.75 Å². The number of rotatable bonds is 1. The van der Waals surface area contributed by atoms with E-state index >= 15 is 0 Å². The maximum Gasteiger partial charge on any atom is 0.221 e. The molecule has 2 rings (SSSR count). The summed E-state index contributed by atoms with van der Waals surface area (Å²) in [7, 11) is 0. The van der Waals surface area contributed by atoms with Gasteiger partial charge in [0.2, 0.25) is 5.91 Å². The molecular formula is C11H14N2O2. The minimum Gasteiger partial charge on any atom is -0.491 e. The average Bonchev–Trinajstić information content (AvgIpc) is 2.16. The van der Waals surface area contributed by atoms with E-state index < -0.39 is 0 Å². The van der Waals surface area contributed by atoms with E-state index in [2.05, 4.69) is 5.32 Å². The monoisotopic (exact) mass is 206 g/mol. The zero-order chi connectivity index (χ0) is 10.8. The molecule has 1 heterocycles. The molecule has 0 saturated carbocycles. The van der Waals surface area contributed by atoms with Gasteiger partial charge in [0.25, 0.3) is 0 Å². The molecule has 1 aliphatic heterocycles. The van der Waals surface area contributed by atoms with Crippen LogP contribution in [-0.2, 0) is 11.2 Å². The number of carbonyl (C=O) groups excluding carboxylic acids is 1. The van der Waals surface area contributed by atoms with Crippen LogP contribution in [-0.4, -0.2) is 12.5 Å². The Morgan fingerprint density at radius 3 is 3.07 bits per heavy atom. The normalized spacial score (nSPS) is 13.9. The molecule has 1 aromatic rings. The first kappa shape index (κ1) is 9.83. The highest BCUT2D eigenvalue weighted by atomic mass is 16.5. The topological polar surface area (TPSA) is 64.4 Å². The number of hydrogen-bond acceptors (Lipinski definition) is 3. The van der Waals surface area contributed by atoms with Crippen molar-refractivity contribution in [2.75, 3.05) is 17.7 Å². The Hall–Kier alpha value is -1.71. The molecule has 4 nitrogen and oxygen atoms in total. The average molecular weight is 206 g/mol. The Balaban J connectivity index is 2.43. The second-order valence-corrected chi connectivity index (χ2v) is 3.69. The zero-order valence-corrected chi connectivity index (χ0v) is 8.67. The summed E-state index contributed by atoms with van der Waals surface area (Å²) in [6, 6.07) is 3.63. The van der Waals surface area contributed by atoms with Crippen LogP contribution in [0.15, 0.2) is 12.1 Å². The molecule has 0 bridgehead atoms. The molecule has 1 amide bonds. The molecule has 0 saturated heterocycles. The van der Waals surface area contributed by atoms with Crippen molar-refractivity contribution in [3.8, 4) is 5.75 Å². The van der Waals surface area contributed by atoms with Gasteiger partial charge in [-0.1, -0.05) is 0 Å². The van der Waals surface area contributed by atoms with Crippen molar-refractivity contribution in [3.63, 3.8) is 0 Å². The lowest BCUT2D eigenvalue weighted by atomic mass is 10.0. The van der Waals surface area contributed by atoms with Crippen LogP contribution in [0.1, 0.15) is 18.9 Å². The molecule has 0 unspecified atom stereocenters. The molecule has 0 aliphatic carbocycles. The fourth-order valence-electron chi connectivity index (χ4n) is 1.79. The summed E-state index contributed by atoms with van der Waals surface area (Å²) in [6.45, 7) is 2.17. The van der Waals surface area contributed by atoms with Crippen molar-refractivity contribution in [3.05, 3.63) is 17.7 Å². The van der Waals surface area contributed by atoms with E-state index in [0.717, 1.165) is 24.2 Å². The number of aryl methyl sites for hydroxylation is 1. The van der Waals surface area contributed by atoms with E-state index in [-0.39, 0.29) is 5.91 Å². The van der Waals surface area contributed by atoms with E-state index in [1.807, 2.05) is 6.07 Å². The van der Waals surface area contributed by atoms with Crippen LogP contribution < -0.4 is 15.8 Å². The lowest BCUT2D eigenvalue weighted by molar-refractivity contribution is -0.114. The molecule has 0 fully saturated rings. The molecule has 80 valence electrons. The molecule has 3 N–H and O–H groups in total. The summed E-state index contributed by atoms with van der Waals surface area (Å²) in [5.74, 6) is 0.655. The van der Waals surface area contributed by atoms with Gasteiger partial charge < -0.3 is 15.8 Å². The van der Waals surface area contributed by atoms with Gasteiger partial charge in [0.05, 0.1) is 12.3 Å². The smallest absolute Gasteiger partial charge is 0.221 e. The van der Waals surface area contributed by atoms with E-state index in [0.29, 0.717) is 18.0 Å². The number of nitrogen functional groups attached to an aromatic ring is 1. The lowest BCUT2D eigenvalue weighted by Crippen LogP contribution is -2.14. The van der Waals surface area contributed by atoms with E-state index in [1.165, 1.54) is 6.92 Å². The fourth-order valence-corrected chi connectivity index (χ4v) is 1.79. The molecule has 0 spiro atoms. The molecular weight excluding hydrogens is 192 g/mol. The zero-order valence-electron chi connectivity index (χ0n) is 8.67. The highest BCUT2D eigenvalue weighted by Gasteiger charge is 2.16. The highest BCUT2D eigenvalue weighted by molar-refractivity contribution is 5.91. The molecule has 4 heteroatoms. The largest absolute Gasteiger partial charge is 0.491 e. The van der Waals surface area contributed by atoms with Gasteiger partial charge in [0.15, 0.2) is 0 Å². The number of fused-ring (bicyclic) bond motifs is 1. The first-order valence-corrected chi connectivity index (χ1v) is 4.99.